The van der Waals surface area contributed by atoms with Crippen molar-refractivity contribution in [2.45, 2.75) is 40.2 Å². The van der Waals surface area contributed by atoms with E-state index in [0.29, 0.717) is 23.4 Å². The molecule has 0 fully saturated rings. The smallest absolute Gasteiger partial charge is 0.274 e. The van der Waals surface area contributed by atoms with Gasteiger partial charge in [-0.15, -0.1) is 0 Å². The van der Waals surface area contributed by atoms with Gasteiger partial charge in [0.05, 0.1) is 0 Å². The van der Waals surface area contributed by atoms with Crippen LogP contribution in [0.2, 0.25) is 0 Å². The highest BCUT2D eigenvalue weighted by atomic mass is 16.5. The van der Waals surface area contributed by atoms with Crippen molar-refractivity contribution in [1.82, 2.24) is 24.8 Å². The Kier molecular flexibility index (Phi) is 5.78. The van der Waals surface area contributed by atoms with E-state index in [4.69, 9.17) is 9.15 Å². The predicted octanol–water partition coefficient (Wildman–Crippen LogP) is 3.30. The number of aromatic amines is 1. The summed E-state index contributed by atoms with van der Waals surface area (Å²) in [6, 6.07) is 5.26. The number of aliphatic hydroxyl groups is 1. The number of amides is 1. The zero-order valence-corrected chi connectivity index (χ0v) is 19.9. The number of H-pyrrole nitrogens is 1. The second kappa shape index (κ2) is 8.45. The summed E-state index contributed by atoms with van der Waals surface area (Å²) in [7, 11) is 1.59. The number of rotatable bonds is 6. The predicted molar refractivity (Wildman–Crippen MR) is 126 cm³/mol. The number of hydrogen-bond donors (Lipinski definition) is 3. The number of ether oxygens (including phenoxy) is 1. The Bertz CT molecular complexity index is 1430. The van der Waals surface area contributed by atoms with Crippen molar-refractivity contribution in [3.63, 3.8) is 0 Å². The molecule has 3 N–H and O–H groups in total. The van der Waals surface area contributed by atoms with Gasteiger partial charge in [-0.1, -0.05) is 0 Å². The first-order valence-corrected chi connectivity index (χ1v) is 10.9. The van der Waals surface area contributed by atoms with Crippen molar-refractivity contribution in [2.24, 2.45) is 7.05 Å². The Morgan fingerprint density at radius 3 is 2.65 bits per heavy atom. The summed E-state index contributed by atoms with van der Waals surface area (Å²) >= 11 is 0. The number of hydrogen-bond acceptors (Lipinski definition) is 7. The quantitative estimate of drug-likeness (QED) is 0.397. The summed E-state index contributed by atoms with van der Waals surface area (Å²) in [4.78, 5) is 36.9. The number of fused-ring (bicyclic) bond motifs is 1. The molecule has 0 spiro atoms. The SMILES string of the molecule is CCNC(=O)c1cc2c(-c3oc(C(C)(C)O)nc3Oc3cc(C)cc(C)n3)cn(C)c(=O)c2[nH]1. The van der Waals surface area contributed by atoms with Crippen LogP contribution >= 0.6 is 0 Å². The Morgan fingerprint density at radius 2 is 2.00 bits per heavy atom. The maximum Gasteiger partial charge on any atom is 0.274 e. The molecule has 0 saturated heterocycles. The number of carbonyl (C=O) groups excluding carboxylic acids is 1. The molecule has 0 aliphatic rings. The van der Waals surface area contributed by atoms with Crippen molar-refractivity contribution in [3.05, 3.63) is 57.6 Å². The summed E-state index contributed by atoms with van der Waals surface area (Å²) in [5.41, 5.74) is 0.957. The van der Waals surface area contributed by atoms with E-state index in [1.165, 1.54) is 4.57 Å². The first-order chi connectivity index (χ1) is 16.0. The normalized spacial score (nSPS) is 11.7. The van der Waals surface area contributed by atoms with Crippen LogP contribution in [0.25, 0.3) is 22.2 Å². The third-order valence-corrected chi connectivity index (χ3v) is 5.19. The van der Waals surface area contributed by atoms with Gasteiger partial charge in [0.25, 0.3) is 17.3 Å². The Balaban J connectivity index is 1.95. The van der Waals surface area contributed by atoms with Gasteiger partial charge in [-0.3, -0.25) is 9.59 Å². The molecule has 10 nitrogen and oxygen atoms in total. The molecule has 0 aliphatic heterocycles. The second-order valence-electron chi connectivity index (χ2n) is 8.73. The van der Waals surface area contributed by atoms with Crippen LogP contribution in [-0.4, -0.2) is 37.1 Å². The van der Waals surface area contributed by atoms with Gasteiger partial charge < -0.3 is 29.1 Å². The van der Waals surface area contributed by atoms with E-state index in [0.717, 1.165) is 11.3 Å². The standard InChI is InChI=1S/C24H27N5O5/c1-7-25-20(30)16-10-14-15(11-29(6)22(31)18(14)27-16)19-21(28-23(34-19)24(4,5)32)33-17-9-12(2)8-13(3)26-17/h8-11,27,32H,7H2,1-6H3,(H,25,30). The highest BCUT2D eigenvalue weighted by Gasteiger charge is 2.29. The largest absolute Gasteiger partial charge is 0.433 e. The first kappa shape index (κ1) is 23.2. The van der Waals surface area contributed by atoms with E-state index < -0.39 is 5.60 Å². The van der Waals surface area contributed by atoms with Crippen molar-refractivity contribution in [3.8, 4) is 23.1 Å². The lowest BCUT2D eigenvalue weighted by Gasteiger charge is -2.11. The van der Waals surface area contributed by atoms with E-state index in [1.54, 1.807) is 39.2 Å². The summed E-state index contributed by atoms with van der Waals surface area (Å²) < 4.78 is 13.4. The van der Waals surface area contributed by atoms with Crippen molar-refractivity contribution in [1.29, 1.82) is 0 Å². The number of nitrogens with zero attached hydrogens (tertiary/aromatic N) is 3. The molecule has 0 aliphatic carbocycles. The maximum absolute atomic E-state index is 12.8. The van der Waals surface area contributed by atoms with Crippen LogP contribution < -0.4 is 15.6 Å². The summed E-state index contributed by atoms with van der Waals surface area (Å²) in [5.74, 6) is 0.281. The van der Waals surface area contributed by atoms with Crippen LogP contribution in [0.5, 0.6) is 11.8 Å². The fourth-order valence-electron chi connectivity index (χ4n) is 3.66. The zero-order chi connectivity index (χ0) is 24.8. The van der Waals surface area contributed by atoms with Gasteiger partial charge >= 0.3 is 0 Å². The second-order valence-corrected chi connectivity index (χ2v) is 8.73. The molecular weight excluding hydrogens is 438 g/mol. The highest BCUT2D eigenvalue weighted by Crippen LogP contribution is 2.39. The first-order valence-electron chi connectivity index (χ1n) is 10.9. The Hall–Kier alpha value is -3.92. The van der Waals surface area contributed by atoms with Gasteiger partial charge in [0.1, 0.15) is 16.8 Å². The van der Waals surface area contributed by atoms with Crippen LogP contribution in [-0.2, 0) is 12.6 Å². The van der Waals surface area contributed by atoms with Crippen molar-refractivity contribution < 1.29 is 19.1 Å². The molecule has 0 aromatic carbocycles. The summed E-state index contributed by atoms with van der Waals surface area (Å²) in [5, 5.41) is 13.7. The molecule has 0 saturated carbocycles. The molecule has 0 radical (unpaired) electrons. The van der Waals surface area contributed by atoms with E-state index in [2.05, 4.69) is 20.3 Å². The lowest BCUT2D eigenvalue weighted by molar-refractivity contribution is 0.0489. The lowest BCUT2D eigenvalue weighted by atomic mass is 10.1. The van der Waals surface area contributed by atoms with E-state index in [-0.39, 0.29) is 40.2 Å². The average molecular weight is 466 g/mol. The summed E-state index contributed by atoms with van der Waals surface area (Å²) in [6.45, 7) is 9.11. The molecule has 4 rings (SSSR count). The van der Waals surface area contributed by atoms with E-state index in [9.17, 15) is 14.7 Å². The van der Waals surface area contributed by atoms with Crippen LogP contribution in [0, 0.1) is 13.8 Å². The minimum absolute atomic E-state index is 0.0309. The molecule has 10 heteroatoms. The monoisotopic (exact) mass is 465 g/mol. The van der Waals surface area contributed by atoms with Crippen molar-refractivity contribution >= 4 is 16.8 Å². The van der Waals surface area contributed by atoms with E-state index in [1.807, 2.05) is 26.8 Å². The van der Waals surface area contributed by atoms with Crippen LogP contribution in [0.3, 0.4) is 0 Å². The van der Waals surface area contributed by atoms with Gasteiger partial charge in [-0.25, -0.2) is 4.98 Å². The third-order valence-electron chi connectivity index (χ3n) is 5.19. The number of oxazole rings is 1. The number of nitrogens with one attached hydrogen (secondary N) is 2. The number of aromatic nitrogens is 4. The van der Waals surface area contributed by atoms with Gasteiger partial charge in [0.15, 0.2) is 0 Å². The molecule has 0 unspecified atom stereocenters. The lowest BCUT2D eigenvalue weighted by Crippen LogP contribution is -2.23. The fraction of sp³-hybridized carbons (Fsp3) is 0.333. The topological polar surface area (TPSA) is 135 Å². The van der Waals surface area contributed by atoms with Crippen LogP contribution in [0.15, 0.2) is 33.6 Å². The molecule has 4 aromatic rings. The molecule has 4 aromatic heterocycles. The highest BCUT2D eigenvalue weighted by molar-refractivity contribution is 6.02. The third kappa shape index (κ3) is 4.32. The molecule has 34 heavy (non-hydrogen) atoms. The van der Waals surface area contributed by atoms with E-state index >= 15 is 0 Å². The number of carbonyl (C=O) groups is 1. The molecule has 0 bridgehead atoms. The molecular formula is C24H27N5O5. The zero-order valence-electron chi connectivity index (χ0n) is 19.9. The molecule has 1 amide bonds. The fourth-order valence-corrected chi connectivity index (χ4v) is 3.66. The van der Waals surface area contributed by atoms with Crippen LogP contribution in [0.1, 0.15) is 48.4 Å². The van der Waals surface area contributed by atoms with Crippen LogP contribution in [0.4, 0.5) is 0 Å². The minimum Gasteiger partial charge on any atom is -0.433 e. The Morgan fingerprint density at radius 1 is 1.26 bits per heavy atom. The van der Waals surface area contributed by atoms with Gasteiger partial charge in [0, 0.05) is 42.5 Å². The number of aryl methyl sites for hydroxylation is 3. The average Bonchev–Trinajstić information content (AvgIpc) is 3.35. The van der Waals surface area contributed by atoms with Crippen molar-refractivity contribution in [2.75, 3.05) is 6.54 Å². The molecule has 0 atom stereocenters. The minimum atomic E-state index is -1.39. The summed E-state index contributed by atoms with van der Waals surface area (Å²) in [6.07, 6.45) is 1.58. The van der Waals surface area contributed by atoms with Gasteiger partial charge in [0.2, 0.25) is 17.5 Å². The molecule has 4 heterocycles. The maximum atomic E-state index is 12.8. The Labute approximate surface area is 195 Å². The molecule has 178 valence electrons. The van der Waals surface area contributed by atoms with Gasteiger partial charge in [-0.2, -0.15) is 4.98 Å². The van der Waals surface area contributed by atoms with Gasteiger partial charge in [-0.05, 0) is 52.3 Å². The number of pyridine rings is 2.